The van der Waals surface area contributed by atoms with Gasteiger partial charge in [-0.3, -0.25) is 0 Å². The average molecular weight is 144 g/mol. The largest absolute Gasteiger partial charge is 0.144 e. The zero-order valence-electron chi connectivity index (χ0n) is 5.09. The van der Waals surface area contributed by atoms with E-state index in [1.54, 1.807) is 4.62 Å². The fourth-order valence-electron chi connectivity index (χ4n) is 0.524. The zero-order chi connectivity index (χ0) is 5.98. The molecule has 1 aromatic rings. The molecule has 0 fully saturated rings. The molecule has 0 atom stereocenters. The Bertz CT molecular complexity index is 144. The van der Waals surface area contributed by atoms with E-state index in [1.807, 2.05) is 11.3 Å². The molecule has 0 bridgehead atoms. The summed E-state index contributed by atoms with van der Waals surface area (Å²) in [5.74, 6) is 0. The van der Waals surface area contributed by atoms with Crippen LogP contribution < -0.4 is 4.62 Å². The van der Waals surface area contributed by atoms with E-state index in [0.717, 1.165) is 0 Å². The lowest BCUT2D eigenvalue weighted by Crippen LogP contribution is -1.87. The molecule has 0 saturated carbocycles. The van der Waals surface area contributed by atoms with Crippen molar-refractivity contribution in [2.24, 2.45) is 0 Å². The van der Waals surface area contributed by atoms with Crippen molar-refractivity contribution in [2.45, 2.75) is 0 Å². The first-order chi connectivity index (χ1) is 3.80. The van der Waals surface area contributed by atoms with Crippen LogP contribution in [-0.2, 0) is 0 Å². The Morgan fingerprint density at radius 3 is 2.50 bits per heavy atom. The van der Waals surface area contributed by atoms with Gasteiger partial charge in [0.05, 0.1) is 0 Å². The van der Waals surface area contributed by atoms with Crippen molar-refractivity contribution in [3.63, 3.8) is 0 Å². The summed E-state index contributed by atoms with van der Waals surface area (Å²) in [4.78, 5) is 0. The van der Waals surface area contributed by atoms with Crippen molar-refractivity contribution in [2.75, 3.05) is 13.3 Å². The smallest absolute Gasteiger partial charge is 0.0273 e. The van der Waals surface area contributed by atoms with E-state index >= 15 is 0 Å². The molecule has 0 aromatic carbocycles. The highest BCUT2D eigenvalue weighted by Crippen LogP contribution is 2.25. The highest BCUT2D eigenvalue weighted by Gasteiger charge is 1.94. The van der Waals surface area contributed by atoms with Crippen molar-refractivity contribution < 1.29 is 0 Å². The third-order valence-corrected chi connectivity index (χ3v) is 4.06. The maximum Gasteiger partial charge on any atom is 0.0273 e. The van der Waals surface area contributed by atoms with Crippen LogP contribution in [0.1, 0.15) is 0 Å². The first-order valence-corrected chi connectivity index (χ1v) is 5.63. The van der Waals surface area contributed by atoms with Gasteiger partial charge in [0.15, 0.2) is 0 Å². The maximum absolute atomic E-state index is 2.28. The normalized spacial score (nSPS) is 10.4. The number of rotatable bonds is 1. The molecule has 1 aromatic heterocycles. The molecule has 0 N–H and O–H groups in total. The molecule has 8 heavy (non-hydrogen) atoms. The lowest BCUT2D eigenvalue weighted by atomic mass is 10.7. The fourth-order valence-corrected chi connectivity index (χ4v) is 2.39. The minimum Gasteiger partial charge on any atom is -0.144 e. The SMILES string of the molecule is CP(C)c1cccs1. The predicted molar refractivity (Wildman–Crippen MR) is 42.7 cm³/mol. The van der Waals surface area contributed by atoms with Gasteiger partial charge in [-0.15, -0.1) is 11.3 Å². The van der Waals surface area contributed by atoms with E-state index in [4.69, 9.17) is 0 Å². The molecule has 0 radical (unpaired) electrons. The highest BCUT2D eigenvalue weighted by molar-refractivity contribution is 7.70. The van der Waals surface area contributed by atoms with E-state index in [0.29, 0.717) is 0 Å². The summed E-state index contributed by atoms with van der Waals surface area (Å²) < 4.78 is 1.54. The molecule has 0 nitrogen and oxygen atoms in total. The summed E-state index contributed by atoms with van der Waals surface area (Å²) in [6.07, 6.45) is 0. The molecule has 2 heteroatoms. The van der Waals surface area contributed by atoms with Crippen LogP contribution in [0.15, 0.2) is 17.5 Å². The van der Waals surface area contributed by atoms with E-state index in [9.17, 15) is 0 Å². The van der Waals surface area contributed by atoms with E-state index in [1.165, 1.54) is 0 Å². The Morgan fingerprint density at radius 2 is 2.25 bits per heavy atom. The minimum absolute atomic E-state index is 0.160. The number of hydrogen-bond acceptors (Lipinski definition) is 1. The Hall–Kier alpha value is 0.130. The molecular formula is C6H9PS. The minimum atomic E-state index is 0.160. The van der Waals surface area contributed by atoms with E-state index in [2.05, 4.69) is 30.8 Å². The predicted octanol–water partition coefficient (Wildman–Crippen LogP) is 2.11. The number of hydrogen-bond donors (Lipinski definition) is 0. The van der Waals surface area contributed by atoms with Crippen LogP contribution in [-0.4, -0.2) is 13.3 Å². The van der Waals surface area contributed by atoms with Crippen molar-refractivity contribution in [1.29, 1.82) is 0 Å². The molecule has 1 rings (SSSR count). The van der Waals surface area contributed by atoms with Crippen LogP contribution in [0.3, 0.4) is 0 Å². The Morgan fingerprint density at radius 1 is 1.50 bits per heavy atom. The fraction of sp³-hybridized carbons (Fsp3) is 0.333. The molecule has 44 valence electrons. The van der Waals surface area contributed by atoms with Crippen LogP contribution in [0.4, 0.5) is 0 Å². The second kappa shape index (κ2) is 2.61. The summed E-state index contributed by atoms with van der Waals surface area (Å²) in [5, 5.41) is 2.14. The Labute approximate surface area is 55.3 Å². The van der Waals surface area contributed by atoms with Crippen molar-refractivity contribution in [3.05, 3.63) is 17.5 Å². The van der Waals surface area contributed by atoms with Gasteiger partial charge in [-0.25, -0.2) is 0 Å². The number of thiophene rings is 1. The van der Waals surface area contributed by atoms with Crippen LogP contribution in [0.2, 0.25) is 0 Å². The summed E-state index contributed by atoms with van der Waals surface area (Å²) in [6, 6.07) is 4.32. The molecular weight excluding hydrogens is 135 g/mol. The highest BCUT2D eigenvalue weighted by atomic mass is 32.1. The summed E-state index contributed by atoms with van der Waals surface area (Å²) in [6.45, 7) is 4.56. The van der Waals surface area contributed by atoms with E-state index < -0.39 is 0 Å². The molecule has 0 aliphatic heterocycles. The molecule has 0 aliphatic rings. The lowest BCUT2D eigenvalue weighted by molar-refractivity contribution is 2.05. The summed E-state index contributed by atoms with van der Waals surface area (Å²) >= 11 is 1.86. The summed E-state index contributed by atoms with van der Waals surface area (Å²) in [7, 11) is 0.160. The molecule has 0 unspecified atom stereocenters. The quantitative estimate of drug-likeness (QED) is 0.529. The third kappa shape index (κ3) is 1.30. The van der Waals surface area contributed by atoms with Gasteiger partial charge in [-0.2, -0.15) is 0 Å². The molecule has 0 amide bonds. The van der Waals surface area contributed by atoms with Crippen LogP contribution in [0.25, 0.3) is 0 Å². The van der Waals surface area contributed by atoms with Crippen LogP contribution in [0.5, 0.6) is 0 Å². The molecule has 0 spiro atoms. The molecule has 1 heterocycles. The Balaban J connectivity index is 2.77. The second-order valence-corrected chi connectivity index (χ2v) is 5.37. The first kappa shape index (κ1) is 6.25. The van der Waals surface area contributed by atoms with Crippen molar-refractivity contribution >= 4 is 23.9 Å². The van der Waals surface area contributed by atoms with Crippen molar-refractivity contribution in [1.82, 2.24) is 0 Å². The van der Waals surface area contributed by atoms with Gasteiger partial charge in [-0.05, 0) is 24.8 Å². The van der Waals surface area contributed by atoms with Crippen molar-refractivity contribution in [3.8, 4) is 0 Å². The maximum atomic E-state index is 2.28. The van der Waals surface area contributed by atoms with Gasteiger partial charge in [0.25, 0.3) is 0 Å². The van der Waals surface area contributed by atoms with Gasteiger partial charge in [0.2, 0.25) is 0 Å². The first-order valence-electron chi connectivity index (χ1n) is 2.51. The average Bonchev–Trinajstić information content (AvgIpc) is 2.12. The lowest BCUT2D eigenvalue weighted by Gasteiger charge is -1.96. The van der Waals surface area contributed by atoms with E-state index in [-0.39, 0.29) is 7.92 Å². The Kier molecular flexibility index (Phi) is 2.04. The second-order valence-electron chi connectivity index (χ2n) is 1.85. The zero-order valence-corrected chi connectivity index (χ0v) is 6.80. The molecule has 0 aliphatic carbocycles. The van der Waals surface area contributed by atoms with Gasteiger partial charge >= 0.3 is 0 Å². The van der Waals surface area contributed by atoms with Crippen LogP contribution >= 0.6 is 19.3 Å². The molecule has 0 saturated heterocycles. The third-order valence-electron chi connectivity index (χ3n) is 0.947. The standard InChI is InChI=1S/C6H9PS/c1-7(2)6-4-3-5-8-6/h3-5H,1-2H3. The van der Waals surface area contributed by atoms with Gasteiger partial charge in [-0.1, -0.05) is 14.0 Å². The van der Waals surface area contributed by atoms with Crippen LogP contribution in [0, 0.1) is 0 Å². The van der Waals surface area contributed by atoms with Gasteiger partial charge < -0.3 is 0 Å². The summed E-state index contributed by atoms with van der Waals surface area (Å²) in [5.41, 5.74) is 0. The monoisotopic (exact) mass is 144 g/mol. The van der Waals surface area contributed by atoms with Gasteiger partial charge in [0.1, 0.15) is 0 Å². The van der Waals surface area contributed by atoms with Gasteiger partial charge in [0, 0.05) is 4.62 Å². The topological polar surface area (TPSA) is 0 Å².